The number of carboxylic acids is 1. The van der Waals surface area contributed by atoms with E-state index in [9.17, 15) is 9.90 Å². The molecular weight excluding hydrogens is 511 g/mol. The Morgan fingerprint density at radius 3 is 2.86 bits per heavy atom. The summed E-state index contributed by atoms with van der Waals surface area (Å²) >= 11 is 7.68. The lowest BCUT2D eigenvalue weighted by Gasteiger charge is -2.39. The van der Waals surface area contributed by atoms with Crippen molar-refractivity contribution in [2.45, 2.75) is 57.5 Å². The second-order valence-electron chi connectivity index (χ2n) is 10.0. The number of fused-ring (bicyclic) bond motifs is 1. The predicted molar refractivity (Wildman–Crippen MR) is 149 cm³/mol. The number of nitrogens with zero attached hydrogens (tertiary/aromatic N) is 2. The summed E-state index contributed by atoms with van der Waals surface area (Å²) < 4.78 is 21.7. The first-order valence-corrected chi connectivity index (χ1v) is 14.4. The van der Waals surface area contributed by atoms with Gasteiger partial charge in [-0.2, -0.15) is 0 Å². The molecule has 5 nitrogen and oxygen atoms in total. The van der Waals surface area contributed by atoms with Crippen LogP contribution in [0.5, 0.6) is 5.75 Å². The number of carboxylic acid groups (broad SMARTS) is 1. The number of aromatic nitrogens is 1. The molecule has 0 saturated carbocycles. The monoisotopic (exact) mass is 546 g/mol. The fourth-order valence-electron chi connectivity index (χ4n) is 5.56. The molecule has 0 amide bonds. The Hall–Kier alpha value is -2.22. The minimum absolute atomic E-state index is 0.169. The number of pyridine rings is 1. The third-order valence-corrected chi connectivity index (χ3v) is 8.88. The van der Waals surface area contributed by atoms with E-state index in [0.29, 0.717) is 30.1 Å². The van der Waals surface area contributed by atoms with Crippen LogP contribution in [0.3, 0.4) is 0 Å². The van der Waals surface area contributed by atoms with Crippen molar-refractivity contribution in [2.24, 2.45) is 11.8 Å². The molecule has 1 fully saturated rings. The van der Waals surface area contributed by atoms with Gasteiger partial charge in [0.25, 0.3) is 0 Å². The Morgan fingerprint density at radius 2 is 2.11 bits per heavy atom. The maximum atomic E-state index is 15.5. The SMILES string of the molecule is COc1ccc2nccc([C@H](F)CC[C@@H]3CCN(CCCCc4ccc(Cl)s4)C[C@H]3CCC(=O)O)c2c1. The van der Waals surface area contributed by atoms with Gasteiger partial charge < -0.3 is 14.7 Å². The Bertz CT molecular complexity index is 1170. The molecule has 0 spiro atoms. The van der Waals surface area contributed by atoms with Crippen molar-refractivity contribution < 1.29 is 19.0 Å². The van der Waals surface area contributed by atoms with Crippen LogP contribution in [0.15, 0.2) is 42.6 Å². The zero-order valence-electron chi connectivity index (χ0n) is 21.4. The van der Waals surface area contributed by atoms with E-state index in [4.69, 9.17) is 16.3 Å². The van der Waals surface area contributed by atoms with E-state index in [1.54, 1.807) is 30.7 Å². The van der Waals surface area contributed by atoms with Gasteiger partial charge in [0.1, 0.15) is 11.9 Å². The van der Waals surface area contributed by atoms with E-state index < -0.39 is 12.1 Å². The number of hydrogen-bond donors (Lipinski definition) is 1. The van der Waals surface area contributed by atoms with Crippen LogP contribution in [-0.4, -0.2) is 47.7 Å². The van der Waals surface area contributed by atoms with Gasteiger partial charge in [-0.1, -0.05) is 11.6 Å². The third-order valence-electron chi connectivity index (χ3n) is 7.59. The molecule has 1 N–H and O–H groups in total. The average molecular weight is 547 g/mol. The highest BCUT2D eigenvalue weighted by Gasteiger charge is 2.30. The lowest BCUT2D eigenvalue weighted by molar-refractivity contribution is -0.137. The van der Waals surface area contributed by atoms with Crippen molar-refractivity contribution in [1.82, 2.24) is 9.88 Å². The number of methoxy groups -OCH3 is 1. The van der Waals surface area contributed by atoms with Crippen LogP contribution in [0.25, 0.3) is 10.9 Å². The molecule has 37 heavy (non-hydrogen) atoms. The maximum Gasteiger partial charge on any atom is 0.303 e. The van der Waals surface area contributed by atoms with Gasteiger partial charge in [-0.25, -0.2) is 4.39 Å². The molecule has 200 valence electrons. The summed E-state index contributed by atoms with van der Waals surface area (Å²) in [7, 11) is 1.60. The molecule has 4 rings (SSSR count). The summed E-state index contributed by atoms with van der Waals surface area (Å²) in [6.45, 7) is 2.91. The topological polar surface area (TPSA) is 62.7 Å². The van der Waals surface area contributed by atoms with Crippen LogP contribution >= 0.6 is 22.9 Å². The van der Waals surface area contributed by atoms with Crippen molar-refractivity contribution in [1.29, 1.82) is 0 Å². The fraction of sp³-hybridized carbons (Fsp3) is 0.517. The third kappa shape index (κ3) is 7.88. The maximum absolute atomic E-state index is 15.5. The summed E-state index contributed by atoms with van der Waals surface area (Å²) in [6, 6.07) is 11.4. The van der Waals surface area contributed by atoms with E-state index >= 15 is 4.39 Å². The number of likely N-dealkylation sites (tertiary alicyclic amines) is 1. The van der Waals surface area contributed by atoms with Gasteiger partial charge in [0.15, 0.2) is 0 Å². The number of benzene rings is 1. The lowest BCUT2D eigenvalue weighted by atomic mass is 9.79. The standard InChI is InChI=1S/C29H36ClFN2O3S/c1-36-22-7-10-27-25(18-22)24(13-15-32-27)26(31)9-5-20-14-17-33(19-21(20)6-12-29(34)35)16-3-2-4-23-8-11-28(30)37-23/h7-8,10-11,13,15,18,20-21,26H,2-6,9,12,14,16-17,19H2,1H3,(H,34,35)/t20-,21-,26-/m1/s1. The van der Waals surface area contributed by atoms with Gasteiger partial charge in [0.05, 0.1) is 17.0 Å². The van der Waals surface area contributed by atoms with Crippen molar-refractivity contribution in [3.8, 4) is 5.75 Å². The van der Waals surface area contributed by atoms with Crippen molar-refractivity contribution in [2.75, 3.05) is 26.7 Å². The summed E-state index contributed by atoms with van der Waals surface area (Å²) in [5, 5.41) is 10.1. The van der Waals surface area contributed by atoms with Gasteiger partial charge in [-0.15, -0.1) is 11.3 Å². The number of aryl methyl sites for hydroxylation is 1. The van der Waals surface area contributed by atoms with Crippen molar-refractivity contribution >= 4 is 39.8 Å². The van der Waals surface area contributed by atoms with Gasteiger partial charge in [-0.3, -0.25) is 9.78 Å². The zero-order valence-corrected chi connectivity index (χ0v) is 22.9. The Kier molecular flexibility index (Phi) is 10.2. The molecule has 0 aliphatic carbocycles. The quantitative estimate of drug-likeness (QED) is 0.224. The number of aliphatic carboxylic acids is 1. The van der Waals surface area contributed by atoms with Gasteiger partial charge in [-0.05, 0) is 112 Å². The van der Waals surface area contributed by atoms with Crippen LogP contribution < -0.4 is 4.74 Å². The van der Waals surface area contributed by atoms with Gasteiger partial charge in [0.2, 0.25) is 0 Å². The van der Waals surface area contributed by atoms with Crippen LogP contribution in [0, 0.1) is 11.8 Å². The van der Waals surface area contributed by atoms with Crippen molar-refractivity contribution in [3.63, 3.8) is 0 Å². The molecule has 1 aliphatic rings. The average Bonchev–Trinajstić information content (AvgIpc) is 3.33. The first kappa shape index (κ1) is 27.8. The van der Waals surface area contributed by atoms with E-state index in [-0.39, 0.29) is 12.3 Å². The minimum atomic E-state index is -1.10. The largest absolute Gasteiger partial charge is 0.497 e. The molecule has 3 atom stereocenters. The van der Waals surface area contributed by atoms with Crippen LogP contribution in [0.2, 0.25) is 4.34 Å². The number of ether oxygens (including phenoxy) is 1. The zero-order chi connectivity index (χ0) is 26.2. The number of unbranched alkanes of at least 4 members (excludes halogenated alkanes) is 1. The summed E-state index contributed by atoms with van der Waals surface area (Å²) in [5.74, 6) is 0.549. The molecule has 2 aromatic heterocycles. The highest BCUT2D eigenvalue weighted by molar-refractivity contribution is 7.16. The number of thiophene rings is 1. The molecule has 0 bridgehead atoms. The first-order chi connectivity index (χ1) is 17.9. The van der Waals surface area contributed by atoms with Gasteiger partial charge >= 0.3 is 5.97 Å². The molecule has 3 heterocycles. The number of hydrogen-bond acceptors (Lipinski definition) is 5. The Balaban J connectivity index is 1.32. The van der Waals surface area contributed by atoms with E-state index in [2.05, 4.69) is 16.0 Å². The van der Waals surface area contributed by atoms with Crippen LogP contribution in [0.1, 0.15) is 61.6 Å². The molecule has 0 radical (unpaired) electrons. The predicted octanol–water partition coefficient (Wildman–Crippen LogP) is 7.57. The summed E-state index contributed by atoms with van der Waals surface area (Å²) in [5.41, 5.74) is 1.41. The number of rotatable bonds is 13. The minimum Gasteiger partial charge on any atom is -0.497 e. The number of piperidine rings is 1. The number of carbonyl (C=O) groups is 1. The molecule has 3 aromatic rings. The van der Waals surface area contributed by atoms with Crippen LogP contribution in [0.4, 0.5) is 4.39 Å². The lowest BCUT2D eigenvalue weighted by Crippen LogP contribution is -2.41. The molecule has 1 aromatic carbocycles. The highest BCUT2D eigenvalue weighted by Crippen LogP contribution is 2.36. The van der Waals surface area contributed by atoms with E-state index in [1.165, 1.54) is 4.88 Å². The van der Waals surface area contributed by atoms with E-state index in [0.717, 1.165) is 67.0 Å². The summed E-state index contributed by atoms with van der Waals surface area (Å²) in [4.78, 5) is 19.5. The van der Waals surface area contributed by atoms with Crippen molar-refractivity contribution in [3.05, 3.63) is 57.4 Å². The Labute approximate surface area is 227 Å². The van der Waals surface area contributed by atoms with Gasteiger partial charge in [0, 0.05) is 29.4 Å². The first-order valence-electron chi connectivity index (χ1n) is 13.2. The molecule has 8 heteroatoms. The fourth-order valence-corrected chi connectivity index (χ4v) is 6.69. The molecular formula is C29H36ClFN2O3S. The molecule has 1 saturated heterocycles. The number of alkyl halides is 1. The molecule has 1 aliphatic heterocycles. The molecule has 0 unspecified atom stereocenters. The smallest absolute Gasteiger partial charge is 0.303 e. The van der Waals surface area contributed by atoms with E-state index in [1.807, 2.05) is 24.3 Å². The normalized spacial score (nSPS) is 19.2. The Morgan fingerprint density at radius 1 is 1.24 bits per heavy atom. The van der Waals surface area contributed by atoms with Crippen LogP contribution in [-0.2, 0) is 11.2 Å². The second kappa shape index (κ2) is 13.5. The summed E-state index contributed by atoms with van der Waals surface area (Å²) in [6.07, 6.45) is 6.83. The highest BCUT2D eigenvalue weighted by atomic mass is 35.5. The second-order valence-corrected chi connectivity index (χ2v) is 11.8. The number of halogens is 2.